The van der Waals surface area contributed by atoms with E-state index in [0.717, 1.165) is 11.1 Å². The zero-order chi connectivity index (χ0) is 24.4. The second-order valence-corrected chi connectivity index (χ2v) is 8.79. The summed E-state index contributed by atoms with van der Waals surface area (Å²) in [6.07, 6.45) is -1.26. The molecule has 10 heteroatoms. The molecular formula is C23H24Cl4O6. The van der Waals surface area contributed by atoms with Crippen molar-refractivity contribution in [3.05, 3.63) is 59.7 Å². The molecular weight excluding hydrogens is 514 g/mol. The molecule has 0 N–H and O–H groups in total. The molecule has 0 aliphatic heterocycles. The van der Waals surface area contributed by atoms with Crippen molar-refractivity contribution in [2.45, 2.75) is 31.5 Å². The first kappa shape index (κ1) is 27.4. The number of carbonyl (C=O) groups excluding carboxylic acids is 2. The lowest BCUT2D eigenvalue weighted by atomic mass is 9.78. The van der Waals surface area contributed by atoms with Gasteiger partial charge in [0.25, 0.3) is 0 Å². The van der Waals surface area contributed by atoms with E-state index < -0.39 is 23.1 Å². The van der Waals surface area contributed by atoms with Crippen LogP contribution in [0, 0.1) is 0 Å². The highest BCUT2D eigenvalue weighted by Crippen LogP contribution is 2.33. The molecule has 0 radical (unpaired) electrons. The van der Waals surface area contributed by atoms with Crippen molar-refractivity contribution in [3.63, 3.8) is 0 Å². The summed E-state index contributed by atoms with van der Waals surface area (Å²) >= 11 is 21.9. The maximum Gasteiger partial charge on any atom is 0.404 e. The van der Waals surface area contributed by atoms with E-state index in [9.17, 15) is 9.59 Å². The van der Waals surface area contributed by atoms with Crippen molar-refractivity contribution in [2.75, 3.05) is 25.0 Å². The predicted octanol–water partition coefficient (Wildman–Crippen LogP) is 6.74. The largest absolute Gasteiger partial charge is 0.490 e. The van der Waals surface area contributed by atoms with Gasteiger partial charge in [-0.15, -0.1) is 23.2 Å². The van der Waals surface area contributed by atoms with Crippen LogP contribution in [0.4, 0.5) is 9.59 Å². The second kappa shape index (κ2) is 13.1. The molecule has 0 aromatic heterocycles. The Morgan fingerprint density at radius 1 is 0.727 bits per heavy atom. The fraction of sp³-hybridized carbons (Fsp3) is 0.391. The number of hydrogen-bond acceptors (Lipinski definition) is 6. The lowest BCUT2D eigenvalue weighted by Gasteiger charge is -2.26. The molecule has 2 unspecified atom stereocenters. The molecule has 0 aliphatic rings. The molecule has 0 fully saturated rings. The smallest absolute Gasteiger partial charge is 0.404 e. The Labute approximate surface area is 212 Å². The molecule has 0 aliphatic carbocycles. The topological polar surface area (TPSA) is 71.1 Å². The lowest BCUT2D eigenvalue weighted by molar-refractivity contribution is 0.0952. The van der Waals surface area contributed by atoms with Gasteiger partial charge in [0.05, 0.1) is 11.8 Å². The maximum absolute atomic E-state index is 10.8. The number of carbonyl (C=O) groups is 2. The highest BCUT2D eigenvalue weighted by molar-refractivity contribution is 6.61. The Morgan fingerprint density at radius 2 is 1.06 bits per heavy atom. The van der Waals surface area contributed by atoms with Crippen LogP contribution in [0.3, 0.4) is 0 Å². The van der Waals surface area contributed by atoms with Gasteiger partial charge in [0, 0.05) is 28.6 Å². The van der Waals surface area contributed by atoms with Crippen LogP contribution >= 0.6 is 46.4 Å². The third-order valence-electron chi connectivity index (χ3n) is 4.89. The average Bonchev–Trinajstić information content (AvgIpc) is 2.79. The second-order valence-electron chi connectivity index (χ2n) is 7.56. The zero-order valence-corrected chi connectivity index (χ0v) is 21.1. The number of alkyl halides is 2. The standard InChI is InChI=1S/C23H24Cl4O6/c1-23(2,15-3-7-17(8-4-15)30-13-19(11-24)32-21(26)28)16-5-9-18(10-6-16)31-14-20(12-25)33-22(27)29/h3-10,19-20H,11-14H2,1-2H3. The Balaban J connectivity index is 1.99. The quantitative estimate of drug-likeness (QED) is 0.220. The first-order chi connectivity index (χ1) is 15.6. The van der Waals surface area contributed by atoms with E-state index in [1.165, 1.54) is 0 Å². The van der Waals surface area contributed by atoms with Crippen molar-refractivity contribution in [3.8, 4) is 11.5 Å². The van der Waals surface area contributed by atoms with E-state index in [1.54, 1.807) is 0 Å². The van der Waals surface area contributed by atoms with Crippen molar-refractivity contribution < 1.29 is 28.5 Å². The van der Waals surface area contributed by atoms with Gasteiger partial charge < -0.3 is 18.9 Å². The fourth-order valence-corrected chi connectivity index (χ4v) is 3.52. The number of halogens is 4. The third kappa shape index (κ3) is 8.78. The molecule has 6 nitrogen and oxygen atoms in total. The third-order valence-corrected chi connectivity index (χ3v) is 5.75. The summed E-state index contributed by atoms with van der Waals surface area (Å²) in [4.78, 5) is 21.7. The summed E-state index contributed by atoms with van der Waals surface area (Å²) in [7, 11) is 0. The average molecular weight is 538 g/mol. The fourth-order valence-electron chi connectivity index (χ4n) is 2.96. The van der Waals surface area contributed by atoms with E-state index in [2.05, 4.69) is 13.8 Å². The van der Waals surface area contributed by atoms with E-state index in [1.807, 2.05) is 48.5 Å². The monoisotopic (exact) mass is 536 g/mol. The molecule has 33 heavy (non-hydrogen) atoms. The summed E-state index contributed by atoms with van der Waals surface area (Å²) in [6.45, 7) is 4.40. The Bertz CT molecular complexity index is 829. The van der Waals surface area contributed by atoms with Gasteiger partial charge in [-0.25, -0.2) is 9.59 Å². The molecule has 0 saturated heterocycles. The van der Waals surface area contributed by atoms with Crippen LogP contribution in [0.15, 0.2) is 48.5 Å². The van der Waals surface area contributed by atoms with E-state index in [0.29, 0.717) is 11.5 Å². The summed E-state index contributed by atoms with van der Waals surface area (Å²) in [5.41, 5.74) is 0.00351. The molecule has 0 amide bonds. The predicted molar refractivity (Wildman–Crippen MR) is 130 cm³/mol. The Kier molecular flexibility index (Phi) is 10.9. The zero-order valence-electron chi connectivity index (χ0n) is 18.1. The minimum Gasteiger partial charge on any atom is -0.490 e. The van der Waals surface area contributed by atoms with E-state index in [4.69, 9.17) is 65.4 Å². The van der Waals surface area contributed by atoms with Crippen molar-refractivity contribution in [1.29, 1.82) is 0 Å². The van der Waals surface area contributed by atoms with Crippen LogP contribution in [0.2, 0.25) is 0 Å². The number of hydrogen-bond donors (Lipinski definition) is 0. The normalized spacial score (nSPS) is 13.0. The van der Waals surface area contributed by atoms with Gasteiger partial charge in [-0.2, -0.15) is 0 Å². The molecule has 180 valence electrons. The molecule has 0 heterocycles. The van der Waals surface area contributed by atoms with Gasteiger partial charge in [0.15, 0.2) is 12.2 Å². The van der Waals surface area contributed by atoms with Crippen LogP contribution in [-0.4, -0.2) is 48.0 Å². The number of ether oxygens (including phenoxy) is 4. The van der Waals surface area contributed by atoms with Crippen molar-refractivity contribution in [1.82, 2.24) is 0 Å². The number of benzene rings is 2. The summed E-state index contributed by atoms with van der Waals surface area (Å²) in [5, 5.41) is 0. The highest BCUT2D eigenvalue weighted by Gasteiger charge is 2.23. The number of rotatable bonds is 12. The van der Waals surface area contributed by atoms with Crippen molar-refractivity contribution >= 4 is 57.3 Å². The first-order valence-corrected chi connectivity index (χ1v) is 11.8. The molecule has 0 spiro atoms. The molecule has 0 bridgehead atoms. The minimum absolute atomic E-state index is 0.0771. The van der Waals surface area contributed by atoms with Gasteiger partial charge in [0.2, 0.25) is 0 Å². The summed E-state index contributed by atoms with van der Waals surface area (Å²) < 4.78 is 21.0. The van der Waals surface area contributed by atoms with Gasteiger partial charge in [0.1, 0.15) is 24.7 Å². The lowest BCUT2D eigenvalue weighted by Crippen LogP contribution is -2.24. The minimum atomic E-state index is -0.921. The van der Waals surface area contributed by atoms with Gasteiger partial charge >= 0.3 is 10.9 Å². The summed E-state index contributed by atoms with van der Waals surface area (Å²) in [6, 6.07) is 15.2. The van der Waals surface area contributed by atoms with Crippen LogP contribution in [0.5, 0.6) is 11.5 Å². The molecule has 2 aromatic carbocycles. The van der Waals surface area contributed by atoms with Crippen LogP contribution in [-0.2, 0) is 14.9 Å². The highest BCUT2D eigenvalue weighted by atomic mass is 35.5. The molecule has 2 atom stereocenters. The molecule has 2 aromatic rings. The van der Waals surface area contributed by atoms with Gasteiger partial charge in [-0.3, -0.25) is 0 Å². The maximum atomic E-state index is 10.8. The summed E-state index contributed by atoms with van der Waals surface area (Å²) in [5.74, 6) is 1.39. The van der Waals surface area contributed by atoms with Gasteiger partial charge in [-0.05, 0) is 35.4 Å². The van der Waals surface area contributed by atoms with Crippen LogP contribution in [0.1, 0.15) is 25.0 Å². The Hall–Kier alpha value is -1.86. The van der Waals surface area contributed by atoms with Crippen molar-refractivity contribution in [2.24, 2.45) is 0 Å². The van der Waals surface area contributed by atoms with Gasteiger partial charge in [-0.1, -0.05) is 38.1 Å². The van der Waals surface area contributed by atoms with E-state index in [-0.39, 0.29) is 30.4 Å². The van der Waals surface area contributed by atoms with Crippen LogP contribution in [0.25, 0.3) is 0 Å². The van der Waals surface area contributed by atoms with Crippen LogP contribution < -0.4 is 9.47 Å². The molecule has 0 saturated carbocycles. The Morgan fingerprint density at radius 3 is 1.33 bits per heavy atom. The molecule has 2 rings (SSSR count). The van der Waals surface area contributed by atoms with E-state index >= 15 is 0 Å². The first-order valence-electron chi connectivity index (χ1n) is 9.96. The SMILES string of the molecule is CC(C)(c1ccc(OCC(CCl)OC(=O)Cl)cc1)c1ccc(OCC(CCl)OC(=O)Cl)cc1.